The topological polar surface area (TPSA) is 0 Å². The molecule has 0 atom stereocenters. The van der Waals surface area contributed by atoms with Crippen LogP contribution in [0.4, 0.5) is 0 Å². The summed E-state index contributed by atoms with van der Waals surface area (Å²) in [5, 5.41) is 4.22. The summed E-state index contributed by atoms with van der Waals surface area (Å²) < 4.78 is 0. The minimum Gasteiger partial charge on any atom is -0.0683 e. The van der Waals surface area contributed by atoms with Gasteiger partial charge in [-0.15, -0.1) is 0 Å². The van der Waals surface area contributed by atoms with E-state index in [1.807, 2.05) is 13.8 Å². The molecule has 0 aliphatic carbocycles. The number of rotatable bonds is 3. The van der Waals surface area contributed by atoms with Crippen molar-refractivity contribution in [2.45, 2.75) is 27.7 Å². The molecule has 0 saturated heterocycles. The molecule has 0 heterocycles. The summed E-state index contributed by atoms with van der Waals surface area (Å²) in [5.41, 5.74) is 2.62. The predicted molar refractivity (Wildman–Crippen MR) is 106 cm³/mol. The summed E-state index contributed by atoms with van der Waals surface area (Å²) in [6, 6.07) is 28.8. The first-order valence-corrected chi connectivity index (χ1v) is 9.57. The summed E-state index contributed by atoms with van der Waals surface area (Å²) in [5.74, 6) is 0. The van der Waals surface area contributed by atoms with Gasteiger partial charge in [0.1, 0.15) is 0 Å². The first-order chi connectivity index (χ1) is 11.2. The van der Waals surface area contributed by atoms with Gasteiger partial charge in [0.05, 0.1) is 0 Å². The van der Waals surface area contributed by atoms with Crippen molar-refractivity contribution in [3.63, 3.8) is 0 Å². The molecule has 0 aromatic heterocycles. The molecule has 3 rings (SSSR count). The predicted octanol–water partition coefficient (Wildman–Crippen LogP) is 5.09. The van der Waals surface area contributed by atoms with Crippen LogP contribution in [-0.4, -0.2) is 0 Å². The van der Waals surface area contributed by atoms with Gasteiger partial charge in [-0.3, -0.25) is 0 Å². The van der Waals surface area contributed by atoms with Crippen molar-refractivity contribution in [2.75, 3.05) is 0 Å². The standard InChI is InChI=1S/C20H19P.C2H6/c1-16-8-12-19(13-9-16)21(18-6-4-3-5-7-18)20-14-10-17(2)11-15-20;1-2/h3-15H,1-2H3;1-2H3. The van der Waals surface area contributed by atoms with E-state index in [9.17, 15) is 0 Å². The lowest BCUT2D eigenvalue weighted by molar-refractivity contribution is 1.49. The molecule has 1 heteroatoms. The number of hydrogen-bond acceptors (Lipinski definition) is 0. The van der Waals surface area contributed by atoms with Gasteiger partial charge in [-0.2, -0.15) is 0 Å². The van der Waals surface area contributed by atoms with E-state index < -0.39 is 7.92 Å². The fourth-order valence-corrected chi connectivity index (χ4v) is 4.67. The third-order valence-electron chi connectivity index (χ3n) is 3.60. The lowest BCUT2D eigenvalue weighted by Crippen LogP contribution is -2.20. The van der Waals surface area contributed by atoms with E-state index in [0.29, 0.717) is 0 Å². The molecule has 118 valence electrons. The zero-order chi connectivity index (χ0) is 16.7. The van der Waals surface area contributed by atoms with Crippen LogP contribution >= 0.6 is 7.92 Å². The Hall–Kier alpha value is -1.91. The highest BCUT2D eigenvalue weighted by molar-refractivity contribution is 7.79. The second kappa shape index (κ2) is 8.65. The van der Waals surface area contributed by atoms with E-state index in [2.05, 4.69) is 92.7 Å². The van der Waals surface area contributed by atoms with Gasteiger partial charge >= 0.3 is 0 Å². The van der Waals surface area contributed by atoms with E-state index in [4.69, 9.17) is 0 Å². The van der Waals surface area contributed by atoms with Gasteiger partial charge in [0.2, 0.25) is 0 Å². The van der Waals surface area contributed by atoms with Gasteiger partial charge in [-0.1, -0.05) is 104 Å². The molecule has 23 heavy (non-hydrogen) atoms. The van der Waals surface area contributed by atoms with Crippen molar-refractivity contribution in [3.8, 4) is 0 Å². The average molecular weight is 320 g/mol. The van der Waals surface area contributed by atoms with E-state index in [0.717, 1.165) is 0 Å². The maximum atomic E-state index is 2.27. The molecule has 3 aromatic carbocycles. The Bertz CT molecular complexity index is 652. The highest BCUT2D eigenvalue weighted by Gasteiger charge is 2.15. The van der Waals surface area contributed by atoms with Gasteiger partial charge in [-0.05, 0) is 37.7 Å². The fraction of sp³-hybridized carbons (Fsp3) is 0.182. The number of aryl methyl sites for hydroxylation is 2. The van der Waals surface area contributed by atoms with E-state index in [1.165, 1.54) is 27.0 Å². The summed E-state index contributed by atoms with van der Waals surface area (Å²) in [6.07, 6.45) is 0. The maximum absolute atomic E-state index is 2.27. The van der Waals surface area contributed by atoms with Gasteiger partial charge in [0.25, 0.3) is 0 Å². The molecule has 0 radical (unpaired) electrons. The van der Waals surface area contributed by atoms with Gasteiger partial charge in [-0.25, -0.2) is 0 Å². The molecule has 0 aliphatic heterocycles. The molecule has 0 aliphatic rings. The molecule has 0 N–H and O–H groups in total. The third-order valence-corrected chi connectivity index (χ3v) is 6.04. The fourth-order valence-electron chi connectivity index (χ4n) is 2.41. The maximum Gasteiger partial charge on any atom is -0.0134 e. The Kier molecular flexibility index (Phi) is 6.56. The minimum absolute atomic E-state index is 0.471. The first kappa shape index (κ1) is 17.4. The van der Waals surface area contributed by atoms with Gasteiger partial charge < -0.3 is 0 Å². The lowest BCUT2D eigenvalue weighted by atomic mass is 10.2. The molecule has 0 spiro atoms. The molecular formula is C22H25P. The van der Waals surface area contributed by atoms with E-state index >= 15 is 0 Å². The normalized spacial score (nSPS) is 10.1. The lowest BCUT2D eigenvalue weighted by Gasteiger charge is -2.19. The van der Waals surface area contributed by atoms with Crippen molar-refractivity contribution >= 4 is 23.8 Å². The van der Waals surface area contributed by atoms with Crippen LogP contribution in [0.2, 0.25) is 0 Å². The van der Waals surface area contributed by atoms with Crippen molar-refractivity contribution in [1.29, 1.82) is 0 Å². The highest BCUT2D eigenvalue weighted by Crippen LogP contribution is 2.32. The van der Waals surface area contributed by atoms with Crippen LogP contribution < -0.4 is 15.9 Å². The molecule has 0 amide bonds. The van der Waals surface area contributed by atoms with E-state index in [1.54, 1.807) is 0 Å². The smallest absolute Gasteiger partial charge is 0.0134 e. The summed E-state index contributed by atoms with van der Waals surface area (Å²) >= 11 is 0. The van der Waals surface area contributed by atoms with Crippen LogP contribution in [0, 0.1) is 13.8 Å². The zero-order valence-electron chi connectivity index (χ0n) is 14.5. The Balaban J connectivity index is 0.000000924. The zero-order valence-corrected chi connectivity index (χ0v) is 15.3. The Labute approximate surface area is 142 Å². The Morgan fingerprint density at radius 2 is 0.826 bits per heavy atom. The van der Waals surface area contributed by atoms with Crippen LogP contribution in [0.15, 0.2) is 78.9 Å². The van der Waals surface area contributed by atoms with Crippen molar-refractivity contribution in [3.05, 3.63) is 90.0 Å². The van der Waals surface area contributed by atoms with Crippen molar-refractivity contribution < 1.29 is 0 Å². The van der Waals surface area contributed by atoms with Gasteiger partial charge in [0, 0.05) is 0 Å². The molecule has 0 fully saturated rings. The molecule has 3 aromatic rings. The third kappa shape index (κ3) is 4.53. The Morgan fingerprint density at radius 1 is 0.478 bits per heavy atom. The minimum atomic E-state index is -0.471. The van der Waals surface area contributed by atoms with Crippen LogP contribution in [-0.2, 0) is 0 Å². The monoisotopic (exact) mass is 320 g/mol. The first-order valence-electron chi connectivity index (χ1n) is 8.22. The molecule has 0 nitrogen and oxygen atoms in total. The summed E-state index contributed by atoms with van der Waals surface area (Å²) in [6.45, 7) is 8.28. The molecule has 0 unspecified atom stereocenters. The molecule has 0 bridgehead atoms. The number of hydrogen-bond donors (Lipinski definition) is 0. The average Bonchev–Trinajstić information content (AvgIpc) is 2.61. The SMILES string of the molecule is CC.Cc1ccc(P(c2ccccc2)c2ccc(C)cc2)cc1. The molecule has 0 saturated carbocycles. The van der Waals surface area contributed by atoms with Crippen LogP contribution in [0.1, 0.15) is 25.0 Å². The van der Waals surface area contributed by atoms with Crippen LogP contribution in [0.3, 0.4) is 0 Å². The Morgan fingerprint density at radius 3 is 1.22 bits per heavy atom. The molecular weight excluding hydrogens is 295 g/mol. The van der Waals surface area contributed by atoms with Gasteiger partial charge in [0.15, 0.2) is 0 Å². The van der Waals surface area contributed by atoms with Crippen LogP contribution in [0.5, 0.6) is 0 Å². The summed E-state index contributed by atoms with van der Waals surface area (Å²) in [7, 11) is -0.471. The summed E-state index contributed by atoms with van der Waals surface area (Å²) in [4.78, 5) is 0. The largest absolute Gasteiger partial charge is 0.0683 e. The highest BCUT2D eigenvalue weighted by atomic mass is 31.1. The number of benzene rings is 3. The van der Waals surface area contributed by atoms with Crippen molar-refractivity contribution in [1.82, 2.24) is 0 Å². The quantitative estimate of drug-likeness (QED) is 0.590. The second-order valence-corrected chi connectivity index (χ2v) is 7.56. The van der Waals surface area contributed by atoms with E-state index in [-0.39, 0.29) is 0 Å². The second-order valence-electron chi connectivity index (χ2n) is 5.34. The van der Waals surface area contributed by atoms with Crippen LogP contribution in [0.25, 0.3) is 0 Å². The van der Waals surface area contributed by atoms with Crippen molar-refractivity contribution in [2.24, 2.45) is 0 Å².